The molecule has 0 unspecified atom stereocenters. The van der Waals surface area contributed by atoms with Gasteiger partial charge in [0.1, 0.15) is 5.75 Å². The number of ether oxygens (including phenoxy) is 1. The monoisotopic (exact) mass is 232 g/mol. The van der Waals surface area contributed by atoms with E-state index in [1.807, 2.05) is 0 Å². The molecule has 0 radical (unpaired) electrons. The fourth-order valence-electron chi connectivity index (χ4n) is 1.15. The number of Topliss-reactive ketones (excluding diaryl/α,β-unsaturated/α-hetero) is 1. The Morgan fingerprint density at radius 1 is 1.31 bits per heavy atom. The zero-order chi connectivity index (χ0) is 12.3. The fourth-order valence-corrected chi connectivity index (χ4v) is 1.15. The number of halogens is 3. The molecule has 1 aromatic carbocycles. The van der Waals surface area contributed by atoms with Crippen LogP contribution < -0.4 is 4.74 Å². The number of hydrogen-bond acceptors (Lipinski definition) is 2. The van der Waals surface area contributed by atoms with Crippen molar-refractivity contribution in [3.05, 3.63) is 29.8 Å². The first kappa shape index (κ1) is 12.5. The molecule has 5 heteroatoms. The van der Waals surface area contributed by atoms with Gasteiger partial charge in [-0.1, -0.05) is 12.1 Å². The minimum atomic E-state index is -4.85. The first-order chi connectivity index (χ1) is 7.30. The van der Waals surface area contributed by atoms with Crippen LogP contribution in [0.15, 0.2) is 24.3 Å². The predicted molar refractivity (Wildman–Crippen MR) is 52.6 cm³/mol. The molecule has 0 aromatic heterocycles. The topological polar surface area (TPSA) is 26.3 Å². The molecule has 0 N–H and O–H groups in total. The van der Waals surface area contributed by atoms with E-state index in [2.05, 4.69) is 0 Å². The lowest BCUT2D eigenvalue weighted by Crippen LogP contribution is -2.22. The molecule has 0 amide bonds. The lowest BCUT2D eigenvalue weighted by molar-refractivity contribution is -0.0885. The summed E-state index contributed by atoms with van der Waals surface area (Å²) >= 11 is 0. The van der Waals surface area contributed by atoms with Crippen molar-refractivity contribution in [2.75, 3.05) is 0 Å². The number of rotatable bonds is 3. The molecule has 0 heterocycles. The van der Waals surface area contributed by atoms with Gasteiger partial charge < -0.3 is 4.74 Å². The Morgan fingerprint density at radius 2 is 1.94 bits per heavy atom. The highest BCUT2D eigenvalue weighted by Crippen LogP contribution is 2.24. The molecule has 0 atom stereocenters. The Morgan fingerprint density at radius 3 is 2.44 bits per heavy atom. The molecular formula is C11H11F3O2. The molecular weight excluding hydrogens is 221 g/mol. The third kappa shape index (κ3) is 3.25. The zero-order valence-corrected chi connectivity index (χ0v) is 8.84. The third-order valence-corrected chi connectivity index (χ3v) is 1.73. The summed E-state index contributed by atoms with van der Waals surface area (Å²) in [6, 6.07) is 5.07. The minimum absolute atomic E-state index is 0.156. The lowest BCUT2D eigenvalue weighted by atomic mass is 10.1. The molecule has 0 aliphatic rings. The zero-order valence-electron chi connectivity index (χ0n) is 8.84. The average Bonchev–Trinajstić information content (AvgIpc) is 2.14. The van der Waals surface area contributed by atoms with Gasteiger partial charge in [0.15, 0.2) is 0 Å². The highest BCUT2D eigenvalue weighted by atomic mass is 19.4. The van der Waals surface area contributed by atoms with E-state index in [1.165, 1.54) is 12.1 Å². The molecule has 0 saturated heterocycles. The summed E-state index contributed by atoms with van der Waals surface area (Å²) in [7, 11) is 0. The van der Waals surface area contributed by atoms with Crippen LogP contribution in [-0.4, -0.2) is 18.1 Å². The third-order valence-electron chi connectivity index (χ3n) is 1.73. The smallest absolute Gasteiger partial charge is 0.454 e. The summed E-state index contributed by atoms with van der Waals surface area (Å²) < 4.78 is 41.6. The van der Waals surface area contributed by atoms with Crippen molar-refractivity contribution in [3.63, 3.8) is 0 Å². The maximum atomic E-state index is 12.1. The molecule has 0 aliphatic carbocycles. The van der Waals surface area contributed by atoms with Gasteiger partial charge in [0.05, 0.1) is 6.10 Å². The summed E-state index contributed by atoms with van der Waals surface area (Å²) in [5, 5.41) is 0. The van der Waals surface area contributed by atoms with Gasteiger partial charge in [0.2, 0.25) is 0 Å². The summed E-state index contributed by atoms with van der Waals surface area (Å²) in [6.45, 7) is 3.50. The molecule has 1 aromatic rings. The highest BCUT2D eigenvalue weighted by Gasteiger charge is 2.39. The number of hydrogen-bond donors (Lipinski definition) is 0. The van der Waals surface area contributed by atoms with Crippen LogP contribution in [0.1, 0.15) is 24.2 Å². The minimum Gasteiger partial charge on any atom is -0.491 e. The van der Waals surface area contributed by atoms with E-state index in [1.54, 1.807) is 13.8 Å². The molecule has 0 aliphatic heterocycles. The van der Waals surface area contributed by atoms with Crippen molar-refractivity contribution in [2.24, 2.45) is 0 Å². The van der Waals surface area contributed by atoms with E-state index in [0.717, 1.165) is 12.1 Å². The highest BCUT2D eigenvalue weighted by molar-refractivity contribution is 6.00. The van der Waals surface area contributed by atoms with E-state index in [9.17, 15) is 18.0 Å². The SMILES string of the molecule is CC(C)Oc1cccc(C(=O)C(F)(F)F)c1. The van der Waals surface area contributed by atoms with Crippen LogP contribution in [0, 0.1) is 0 Å². The molecule has 88 valence electrons. The van der Waals surface area contributed by atoms with Crippen LogP contribution in [-0.2, 0) is 0 Å². The Kier molecular flexibility index (Phi) is 3.57. The Bertz CT molecular complexity index is 383. The second kappa shape index (κ2) is 4.55. The number of carbonyl (C=O) groups is 1. The van der Waals surface area contributed by atoms with Crippen molar-refractivity contribution in [3.8, 4) is 5.75 Å². The number of carbonyl (C=O) groups excluding carboxylic acids is 1. The summed E-state index contributed by atoms with van der Waals surface area (Å²) in [5.41, 5.74) is -0.411. The van der Waals surface area contributed by atoms with Crippen LogP contribution in [0.5, 0.6) is 5.75 Å². The van der Waals surface area contributed by atoms with E-state index in [4.69, 9.17) is 4.74 Å². The normalized spacial score (nSPS) is 11.6. The van der Waals surface area contributed by atoms with Gasteiger partial charge in [-0.25, -0.2) is 0 Å². The Balaban J connectivity index is 2.95. The predicted octanol–water partition coefficient (Wildman–Crippen LogP) is 3.22. The van der Waals surface area contributed by atoms with Crippen molar-refractivity contribution in [2.45, 2.75) is 26.1 Å². The van der Waals surface area contributed by atoms with Gasteiger partial charge in [-0.2, -0.15) is 13.2 Å². The fraction of sp³-hybridized carbons (Fsp3) is 0.364. The van der Waals surface area contributed by atoms with Crippen LogP contribution in [0.25, 0.3) is 0 Å². The van der Waals surface area contributed by atoms with Crippen LogP contribution >= 0.6 is 0 Å². The maximum absolute atomic E-state index is 12.1. The van der Waals surface area contributed by atoms with E-state index < -0.39 is 17.5 Å². The van der Waals surface area contributed by atoms with Crippen molar-refractivity contribution in [1.29, 1.82) is 0 Å². The van der Waals surface area contributed by atoms with E-state index >= 15 is 0 Å². The van der Waals surface area contributed by atoms with Gasteiger partial charge in [-0.3, -0.25) is 4.79 Å². The molecule has 16 heavy (non-hydrogen) atoms. The summed E-state index contributed by atoms with van der Waals surface area (Å²) in [4.78, 5) is 10.9. The second-order valence-corrected chi connectivity index (χ2v) is 3.52. The Hall–Kier alpha value is -1.52. The van der Waals surface area contributed by atoms with E-state index in [-0.39, 0.29) is 11.9 Å². The molecule has 0 fully saturated rings. The van der Waals surface area contributed by atoms with Gasteiger partial charge in [0.25, 0.3) is 5.78 Å². The Labute approximate surface area is 91.0 Å². The average molecular weight is 232 g/mol. The number of alkyl halides is 3. The maximum Gasteiger partial charge on any atom is 0.454 e. The van der Waals surface area contributed by atoms with Crippen LogP contribution in [0.2, 0.25) is 0 Å². The first-order valence-corrected chi connectivity index (χ1v) is 4.69. The van der Waals surface area contributed by atoms with Gasteiger partial charge in [-0.05, 0) is 26.0 Å². The molecule has 1 rings (SSSR count). The number of ketones is 1. The molecule has 0 saturated carbocycles. The second-order valence-electron chi connectivity index (χ2n) is 3.52. The standard InChI is InChI=1S/C11H11F3O2/c1-7(2)16-9-5-3-4-8(6-9)10(15)11(12,13)14/h3-7H,1-2H3. The largest absolute Gasteiger partial charge is 0.491 e. The van der Waals surface area contributed by atoms with E-state index in [0.29, 0.717) is 0 Å². The quantitative estimate of drug-likeness (QED) is 0.748. The lowest BCUT2D eigenvalue weighted by Gasteiger charge is -2.11. The van der Waals surface area contributed by atoms with Gasteiger partial charge in [-0.15, -0.1) is 0 Å². The van der Waals surface area contributed by atoms with Crippen molar-refractivity contribution >= 4 is 5.78 Å². The summed E-state index contributed by atoms with van der Waals surface area (Å²) in [5.74, 6) is -1.60. The molecule has 2 nitrogen and oxygen atoms in total. The van der Waals surface area contributed by atoms with Crippen LogP contribution in [0.4, 0.5) is 13.2 Å². The molecule has 0 spiro atoms. The molecule has 0 bridgehead atoms. The number of benzene rings is 1. The van der Waals surface area contributed by atoms with Crippen molar-refractivity contribution < 1.29 is 22.7 Å². The van der Waals surface area contributed by atoms with Gasteiger partial charge in [0, 0.05) is 5.56 Å². The van der Waals surface area contributed by atoms with Gasteiger partial charge >= 0.3 is 6.18 Å². The van der Waals surface area contributed by atoms with Crippen LogP contribution in [0.3, 0.4) is 0 Å². The summed E-state index contributed by atoms with van der Waals surface area (Å²) in [6.07, 6.45) is -5.01. The first-order valence-electron chi connectivity index (χ1n) is 4.69. The van der Waals surface area contributed by atoms with Crippen molar-refractivity contribution in [1.82, 2.24) is 0 Å².